The minimum atomic E-state index is -3.71. The van der Waals surface area contributed by atoms with Gasteiger partial charge in [-0.15, -0.1) is 0 Å². The van der Waals surface area contributed by atoms with Crippen molar-refractivity contribution in [2.45, 2.75) is 4.90 Å². The standard InChI is InChI=1S/C12H7Br2Cl2NO2S/c13-7-1-3-8(4-2-7)20(18,19)17-10-6-5-9(14)11(15)12(10)16/h1-6,17H. The van der Waals surface area contributed by atoms with E-state index in [-0.39, 0.29) is 20.6 Å². The largest absolute Gasteiger partial charge is 0.278 e. The van der Waals surface area contributed by atoms with E-state index in [1.54, 1.807) is 18.2 Å². The van der Waals surface area contributed by atoms with Gasteiger partial charge in [-0.25, -0.2) is 8.42 Å². The van der Waals surface area contributed by atoms with E-state index in [4.69, 9.17) is 23.2 Å². The van der Waals surface area contributed by atoms with Crippen LogP contribution in [0.1, 0.15) is 0 Å². The van der Waals surface area contributed by atoms with Crippen LogP contribution in [0.3, 0.4) is 0 Å². The van der Waals surface area contributed by atoms with Crippen LogP contribution in [0.5, 0.6) is 0 Å². The average molecular weight is 460 g/mol. The van der Waals surface area contributed by atoms with Crippen LogP contribution in [0.4, 0.5) is 5.69 Å². The van der Waals surface area contributed by atoms with Crippen molar-refractivity contribution in [1.82, 2.24) is 0 Å². The Morgan fingerprint density at radius 1 is 0.900 bits per heavy atom. The van der Waals surface area contributed by atoms with Gasteiger partial charge >= 0.3 is 0 Å². The van der Waals surface area contributed by atoms with Crippen molar-refractivity contribution in [3.05, 3.63) is 55.4 Å². The average Bonchev–Trinajstić information content (AvgIpc) is 2.40. The predicted molar refractivity (Wildman–Crippen MR) is 89.1 cm³/mol. The van der Waals surface area contributed by atoms with Gasteiger partial charge in [0.1, 0.15) is 0 Å². The first-order valence-electron chi connectivity index (χ1n) is 5.23. The summed E-state index contributed by atoms with van der Waals surface area (Å²) in [6, 6.07) is 9.42. The van der Waals surface area contributed by atoms with E-state index < -0.39 is 10.0 Å². The monoisotopic (exact) mass is 457 g/mol. The smallest absolute Gasteiger partial charge is 0.261 e. The van der Waals surface area contributed by atoms with Crippen molar-refractivity contribution < 1.29 is 8.42 Å². The molecule has 0 amide bonds. The first-order chi connectivity index (χ1) is 9.31. The molecule has 0 aromatic heterocycles. The predicted octanol–water partition coefficient (Wildman–Crippen LogP) is 5.32. The van der Waals surface area contributed by atoms with Gasteiger partial charge in [0.25, 0.3) is 10.0 Å². The zero-order chi connectivity index (χ0) is 14.9. The molecule has 0 heterocycles. The van der Waals surface area contributed by atoms with Crippen LogP contribution < -0.4 is 4.72 Å². The van der Waals surface area contributed by atoms with Gasteiger partial charge in [-0.3, -0.25) is 4.72 Å². The van der Waals surface area contributed by atoms with E-state index in [1.165, 1.54) is 18.2 Å². The Hall–Kier alpha value is -0.270. The lowest BCUT2D eigenvalue weighted by Crippen LogP contribution is -2.13. The Kier molecular flexibility index (Phi) is 5.02. The second kappa shape index (κ2) is 6.23. The van der Waals surface area contributed by atoms with Gasteiger partial charge in [-0.05, 0) is 52.3 Å². The number of sulfonamides is 1. The molecule has 0 aliphatic rings. The van der Waals surface area contributed by atoms with Crippen LogP contribution in [0, 0.1) is 0 Å². The maximum absolute atomic E-state index is 12.2. The molecule has 0 saturated heterocycles. The number of hydrogen-bond acceptors (Lipinski definition) is 2. The summed E-state index contributed by atoms with van der Waals surface area (Å²) < 4.78 is 28.2. The summed E-state index contributed by atoms with van der Waals surface area (Å²) >= 11 is 18.4. The number of nitrogens with one attached hydrogen (secondary N) is 1. The van der Waals surface area contributed by atoms with Gasteiger partial charge in [-0.2, -0.15) is 0 Å². The first kappa shape index (κ1) is 16.1. The molecule has 0 unspecified atom stereocenters. The number of benzene rings is 2. The Bertz CT molecular complexity index is 749. The molecule has 1 N–H and O–H groups in total. The molecule has 106 valence electrons. The van der Waals surface area contributed by atoms with E-state index >= 15 is 0 Å². The van der Waals surface area contributed by atoms with Gasteiger partial charge in [0.05, 0.1) is 20.6 Å². The van der Waals surface area contributed by atoms with Crippen LogP contribution in [0.2, 0.25) is 10.0 Å². The van der Waals surface area contributed by atoms with E-state index in [1.807, 2.05) is 0 Å². The van der Waals surface area contributed by atoms with Crippen LogP contribution in [0.25, 0.3) is 0 Å². The SMILES string of the molecule is O=S(=O)(Nc1ccc(Br)c(Cl)c1Cl)c1ccc(Br)cc1. The summed E-state index contributed by atoms with van der Waals surface area (Å²) in [7, 11) is -3.71. The number of rotatable bonds is 3. The maximum Gasteiger partial charge on any atom is 0.261 e. The highest BCUT2D eigenvalue weighted by atomic mass is 79.9. The van der Waals surface area contributed by atoms with Crippen molar-refractivity contribution in [2.75, 3.05) is 4.72 Å². The van der Waals surface area contributed by atoms with Crippen molar-refractivity contribution in [3.8, 4) is 0 Å². The number of hydrogen-bond donors (Lipinski definition) is 1. The van der Waals surface area contributed by atoms with E-state index in [0.29, 0.717) is 4.47 Å². The van der Waals surface area contributed by atoms with Crippen LogP contribution >= 0.6 is 55.1 Å². The minimum Gasteiger partial charge on any atom is -0.278 e. The lowest BCUT2D eigenvalue weighted by molar-refractivity contribution is 0.601. The van der Waals surface area contributed by atoms with Gasteiger partial charge in [0.2, 0.25) is 0 Å². The zero-order valence-corrected chi connectivity index (χ0v) is 15.2. The molecule has 0 atom stereocenters. The molecule has 0 saturated carbocycles. The molecule has 0 radical (unpaired) electrons. The summed E-state index contributed by atoms with van der Waals surface area (Å²) in [5, 5.41) is 0.393. The second-order valence-corrected chi connectivity index (χ2v) is 7.99. The molecule has 0 bridgehead atoms. The topological polar surface area (TPSA) is 46.2 Å². The summed E-state index contributed by atoms with van der Waals surface area (Å²) in [5.74, 6) is 0. The third kappa shape index (κ3) is 3.49. The summed E-state index contributed by atoms with van der Waals surface area (Å²) in [4.78, 5) is 0.135. The highest BCUT2D eigenvalue weighted by Crippen LogP contribution is 2.36. The molecule has 3 nitrogen and oxygen atoms in total. The lowest BCUT2D eigenvalue weighted by atomic mass is 10.3. The molecule has 2 aromatic rings. The Balaban J connectivity index is 2.38. The maximum atomic E-state index is 12.2. The Morgan fingerprint density at radius 3 is 2.10 bits per heavy atom. The molecule has 0 spiro atoms. The van der Waals surface area contributed by atoms with Crippen LogP contribution in [0.15, 0.2) is 50.2 Å². The van der Waals surface area contributed by atoms with Gasteiger partial charge < -0.3 is 0 Å². The Labute approximate surface area is 143 Å². The molecule has 2 rings (SSSR count). The molecule has 0 aliphatic carbocycles. The molecule has 0 aliphatic heterocycles. The minimum absolute atomic E-state index is 0.135. The van der Waals surface area contributed by atoms with Crippen molar-refractivity contribution in [3.63, 3.8) is 0 Å². The van der Waals surface area contributed by atoms with Crippen molar-refractivity contribution >= 4 is 70.8 Å². The number of halogens is 4. The molecule has 20 heavy (non-hydrogen) atoms. The lowest BCUT2D eigenvalue weighted by Gasteiger charge is -2.11. The quantitative estimate of drug-likeness (QED) is 0.631. The van der Waals surface area contributed by atoms with E-state index in [9.17, 15) is 8.42 Å². The van der Waals surface area contributed by atoms with Gasteiger partial charge in [0.15, 0.2) is 0 Å². The van der Waals surface area contributed by atoms with E-state index in [0.717, 1.165) is 4.47 Å². The molecule has 0 fully saturated rings. The fourth-order valence-corrected chi connectivity index (χ4v) is 3.64. The summed E-state index contributed by atoms with van der Waals surface area (Å²) in [6.45, 7) is 0. The fourth-order valence-electron chi connectivity index (χ4n) is 1.42. The Morgan fingerprint density at radius 2 is 1.50 bits per heavy atom. The van der Waals surface area contributed by atoms with Crippen molar-refractivity contribution in [1.29, 1.82) is 0 Å². The first-order valence-corrected chi connectivity index (χ1v) is 9.05. The van der Waals surface area contributed by atoms with Gasteiger partial charge in [-0.1, -0.05) is 39.1 Å². The normalized spacial score (nSPS) is 11.4. The molecule has 2 aromatic carbocycles. The fraction of sp³-hybridized carbons (Fsp3) is 0. The van der Waals surface area contributed by atoms with Crippen molar-refractivity contribution in [2.24, 2.45) is 0 Å². The van der Waals surface area contributed by atoms with Crippen LogP contribution in [-0.2, 0) is 10.0 Å². The molecule has 8 heteroatoms. The third-order valence-corrected chi connectivity index (χ3v) is 6.08. The molecular formula is C12H7Br2Cl2NO2S. The highest BCUT2D eigenvalue weighted by Gasteiger charge is 2.17. The molecular weight excluding hydrogens is 453 g/mol. The summed E-state index contributed by atoms with van der Waals surface area (Å²) in [6.07, 6.45) is 0. The zero-order valence-electron chi connectivity index (χ0n) is 9.70. The number of anilines is 1. The van der Waals surface area contributed by atoms with Gasteiger partial charge in [0, 0.05) is 8.95 Å². The summed E-state index contributed by atoms with van der Waals surface area (Å²) in [5.41, 5.74) is 0.225. The van der Waals surface area contributed by atoms with E-state index in [2.05, 4.69) is 36.6 Å². The highest BCUT2D eigenvalue weighted by molar-refractivity contribution is 9.10. The second-order valence-electron chi connectivity index (χ2n) is 3.78. The third-order valence-electron chi connectivity index (χ3n) is 2.40. The van der Waals surface area contributed by atoms with Crippen LogP contribution in [-0.4, -0.2) is 8.42 Å².